The number of hydrogen-bond acceptors (Lipinski definition) is 5. The lowest BCUT2D eigenvalue weighted by Crippen LogP contribution is -2.39. The summed E-state index contributed by atoms with van der Waals surface area (Å²) in [7, 11) is 0. The first kappa shape index (κ1) is 25.1. The van der Waals surface area contributed by atoms with E-state index < -0.39 is 17.6 Å². The van der Waals surface area contributed by atoms with Crippen molar-refractivity contribution < 1.29 is 22.8 Å². The van der Waals surface area contributed by atoms with Gasteiger partial charge in [0.15, 0.2) is 5.13 Å². The molecule has 35 heavy (non-hydrogen) atoms. The zero-order valence-electron chi connectivity index (χ0n) is 19.6. The highest BCUT2D eigenvalue weighted by atomic mass is 32.1. The van der Waals surface area contributed by atoms with Gasteiger partial charge in [-0.05, 0) is 57.0 Å². The van der Waals surface area contributed by atoms with E-state index in [0.717, 1.165) is 49.6 Å². The molecular weight excluding hydrogens is 477 g/mol. The minimum absolute atomic E-state index is 0.0368. The fourth-order valence-electron chi connectivity index (χ4n) is 4.54. The number of hydrogen-bond donors (Lipinski definition) is 2. The van der Waals surface area contributed by atoms with E-state index in [2.05, 4.69) is 40.4 Å². The summed E-state index contributed by atoms with van der Waals surface area (Å²) < 4.78 is 40.3. The average Bonchev–Trinajstić information content (AvgIpc) is 3.19. The van der Waals surface area contributed by atoms with Crippen molar-refractivity contribution in [3.63, 3.8) is 0 Å². The largest absolute Gasteiger partial charge is 0.416 e. The second kappa shape index (κ2) is 9.94. The third-order valence-electron chi connectivity index (χ3n) is 6.05. The van der Waals surface area contributed by atoms with Crippen LogP contribution in [0.5, 0.6) is 0 Å². The van der Waals surface area contributed by atoms with Gasteiger partial charge >= 0.3 is 6.18 Å². The Labute approximate surface area is 205 Å². The molecule has 1 aromatic heterocycles. The third-order valence-corrected chi connectivity index (χ3v) is 6.98. The van der Waals surface area contributed by atoms with Crippen LogP contribution < -0.4 is 10.6 Å². The summed E-state index contributed by atoms with van der Waals surface area (Å²) in [6, 6.07) is 9.57. The second-order valence-electron chi connectivity index (χ2n) is 8.86. The smallest absolute Gasteiger partial charge is 0.321 e. The third kappa shape index (κ3) is 5.48. The van der Waals surface area contributed by atoms with Crippen molar-refractivity contribution in [2.75, 3.05) is 17.2 Å². The van der Waals surface area contributed by atoms with Gasteiger partial charge in [-0.3, -0.25) is 14.5 Å². The molecule has 1 aliphatic heterocycles. The molecule has 3 aromatic rings. The fourth-order valence-corrected chi connectivity index (χ4v) is 5.46. The van der Waals surface area contributed by atoms with Crippen LogP contribution in [0, 0.1) is 6.07 Å². The normalized spacial score (nSPS) is 17.1. The number of benzene rings is 2. The quantitative estimate of drug-likeness (QED) is 0.431. The van der Waals surface area contributed by atoms with Crippen LogP contribution in [0.3, 0.4) is 0 Å². The lowest BCUT2D eigenvalue weighted by atomic mass is 9.90. The predicted octanol–water partition coefficient (Wildman–Crippen LogP) is 6.26. The SMILES string of the molecule is CC(=O)Nc1nc2c(C(=O)Nc3[c]ccc(C(F)(F)F)c3)c(C3CCCCN3C(C)C)ccc2s1. The molecule has 10 heteroatoms. The summed E-state index contributed by atoms with van der Waals surface area (Å²) in [6.07, 6.45) is -1.63. The molecule has 0 bridgehead atoms. The Bertz CT molecular complexity index is 1260. The highest BCUT2D eigenvalue weighted by Gasteiger charge is 2.32. The summed E-state index contributed by atoms with van der Waals surface area (Å²) in [5.41, 5.74) is 0.545. The van der Waals surface area contributed by atoms with E-state index in [1.165, 1.54) is 18.3 Å². The van der Waals surface area contributed by atoms with E-state index in [1.807, 2.05) is 12.1 Å². The van der Waals surface area contributed by atoms with Crippen molar-refractivity contribution >= 4 is 44.2 Å². The zero-order valence-corrected chi connectivity index (χ0v) is 20.4. The van der Waals surface area contributed by atoms with Crippen LogP contribution in [-0.2, 0) is 11.0 Å². The second-order valence-corrected chi connectivity index (χ2v) is 9.89. The van der Waals surface area contributed by atoms with Crippen molar-refractivity contribution in [1.29, 1.82) is 0 Å². The molecule has 2 aromatic carbocycles. The van der Waals surface area contributed by atoms with Crippen molar-refractivity contribution in [2.24, 2.45) is 0 Å². The fraction of sp³-hybridized carbons (Fsp3) is 0.400. The van der Waals surface area contributed by atoms with Crippen LogP contribution in [0.15, 0.2) is 30.3 Å². The van der Waals surface area contributed by atoms with Crippen molar-refractivity contribution in [3.8, 4) is 0 Å². The van der Waals surface area contributed by atoms with E-state index >= 15 is 0 Å². The van der Waals surface area contributed by atoms with Gasteiger partial charge in [-0.2, -0.15) is 13.2 Å². The van der Waals surface area contributed by atoms with E-state index in [4.69, 9.17) is 0 Å². The van der Waals surface area contributed by atoms with Crippen molar-refractivity contribution in [1.82, 2.24) is 9.88 Å². The first-order valence-electron chi connectivity index (χ1n) is 11.4. The van der Waals surface area contributed by atoms with E-state index in [1.54, 1.807) is 0 Å². The minimum Gasteiger partial charge on any atom is -0.321 e. The van der Waals surface area contributed by atoms with E-state index in [9.17, 15) is 22.8 Å². The lowest BCUT2D eigenvalue weighted by Gasteiger charge is -2.39. The van der Waals surface area contributed by atoms with Gasteiger partial charge in [0, 0.05) is 30.8 Å². The first-order chi connectivity index (χ1) is 16.5. The Hall–Kier alpha value is -2.98. The number of halogens is 3. The molecule has 0 aliphatic carbocycles. The number of anilines is 2. The topological polar surface area (TPSA) is 74.3 Å². The van der Waals surface area contributed by atoms with Gasteiger partial charge in [0.2, 0.25) is 5.91 Å². The van der Waals surface area contributed by atoms with Gasteiger partial charge in [0.25, 0.3) is 5.91 Å². The van der Waals surface area contributed by atoms with Gasteiger partial charge in [0.1, 0.15) is 0 Å². The van der Waals surface area contributed by atoms with Crippen LogP contribution in [0.4, 0.5) is 24.0 Å². The number of aromatic nitrogens is 1. The summed E-state index contributed by atoms with van der Waals surface area (Å²) in [6.45, 7) is 6.46. The number of carbonyl (C=O) groups is 2. The van der Waals surface area contributed by atoms with Crippen molar-refractivity contribution in [2.45, 2.75) is 58.3 Å². The summed E-state index contributed by atoms with van der Waals surface area (Å²) in [5.74, 6) is -0.845. The summed E-state index contributed by atoms with van der Waals surface area (Å²) in [5, 5.41) is 5.61. The lowest BCUT2D eigenvalue weighted by molar-refractivity contribution is -0.137. The van der Waals surface area contributed by atoms with Crippen LogP contribution in [0.2, 0.25) is 0 Å². The van der Waals surface area contributed by atoms with Crippen LogP contribution in [0.1, 0.15) is 67.6 Å². The molecule has 1 aliphatic rings. The molecule has 2 N–H and O–H groups in total. The first-order valence-corrected chi connectivity index (χ1v) is 12.2. The van der Waals surface area contributed by atoms with Gasteiger partial charge < -0.3 is 10.6 Å². The predicted molar refractivity (Wildman–Crippen MR) is 131 cm³/mol. The Balaban J connectivity index is 1.81. The Morgan fingerprint density at radius 1 is 1.20 bits per heavy atom. The maximum atomic E-state index is 13.6. The number of carbonyl (C=O) groups excluding carboxylic acids is 2. The highest BCUT2D eigenvalue weighted by molar-refractivity contribution is 7.22. The molecular formula is C25H26F3N4O2S. The Kier molecular flexibility index (Phi) is 7.14. The summed E-state index contributed by atoms with van der Waals surface area (Å²) >= 11 is 1.24. The number of fused-ring (bicyclic) bond motifs is 1. The molecule has 1 saturated heterocycles. The Morgan fingerprint density at radius 2 is 1.97 bits per heavy atom. The van der Waals surface area contributed by atoms with Gasteiger partial charge in [-0.1, -0.05) is 29.9 Å². The number of amides is 2. The molecule has 1 unspecified atom stereocenters. The molecule has 1 atom stereocenters. The standard InChI is InChI=1S/C25H26F3N4O2S/c1-14(2)32-12-5-4-9-19(32)18-10-11-20-22(31-24(35-20)29-15(3)33)21(18)23(34)30-17-8-6-7-16(13-17)25(26,27)28/h6-7,10-11,13-14,19H,4-5,9,12H2,1-3H3,(H,30,34)(H,29,31,33). The number of alkyl halides is 3. The molecule has 185 valence electrons. The molecule has 1 fully saturated rings. The van der Waals surface area contributed by atoms with Crippen LogP contribution >= 0.6 is 11.3 Å². The number of thiazole rings is 1. The molecule has 4 rings (SSSR count). The molecule has 2 amide bonds. The number of nitrogens with zero attached hydrogens (tertiary/aromatic N) is 2. The van der Waals surface area contributed by atoms with Crippen LogP contribution in [0.25, 0.3) is 10.2 Å². The molecule has 0 spiro atoms. The number of piperidine rings is 1. The number of likely N-dealkylation sites (tertiary alicyclic amines) is 1. The maximum absolute atomic E-state index is 13.6. The van der Waals surface area contributed by atoms with Crippen LogP contribution in [-0.4, -0.2) is 34.3 Å². The molecule has 1 radical (unpaired) electrons. The molecule has 2 heterocycles. The van der Waals surface area contributed by atoms with E-state index in [-0.39, 0.29) is 23.7 Å². The van der Waals surface area contributed by atoms with Gasteiger partial charge in [0.05, 0.1) is 21.3 Å². The number of nitrogens with one attached hydrogen (secondary N) is 2. The highest BCUT2D eigenvalue weighted by Crippen LogP contribution is 2.39. The zero-order chi connectivity index (χ0) is 25.3. The van der Waals surface area contributed by atoms with Crippen molar-refractivity contribution in [3.05, 3.63) is 53.1 Å². The number of rotatable bonds is 5. The minimum atomic E-state index is -4.54. The van der Waals surface area contributed by atoms with E-state index in [0.29, 0.717) is 20.9 Å². The average molecular weight is 504 g/mol. The summed E-state index contributed by atoms with van der Waals surface area (Å²) in [4.78, 5) is 32.0. The van der Waals surface area contributed by atoms with Gasteiger partial charge in [-0.15, -0.1) is 0 Å². The monoisotopic (exact) mass is 503 g/mol. The molecule has 0 saturated carbocycles. The maximum Gasteiger partial charge on any atom is 0.416 e. The molecule has 6 nitrogen and oxygen atoms in total. The Morgan fingerprint density at radius 3 is 2.66 bits per heavy atom. The van der Waals surface area contributed by atoms with Gasteiger partial charge in [-0.25, -0.2) is 4.98 Å².